The summed E-state index contributed by atoms with van der Waals surface area (Å²) in [7, 11) is 0. The number of ether oxygens (including phenoxy) is 1. The number of carbonyl (C=O) groups excluding carboxylic acids is 2. The van der Waals surface area contributed by atoms with E-state index in [1.165, 1.54) is 16.7 Å². The molecule has 0 atom stereocenters. The van der Waals surface area contributed by atoms with Crippen molar-refractivity contribution in [2.24, 2.45) is 0 Å². The molecule has 7 heteroatoms. The lowest BCUT2D eigenvalue weighted by molar-refractivity contribution is -0.113. The number of anilines is 1. The highest BCUT2D eigenvalue weighted by atomic mass is 127. The number of thioether (sulfide) groups is 1. The fourth-order valence-electron chi connectivity index (χ4n) is 2.84. The third kappa shape index (κ3) is 4.48. The van der Waals surface area contributed by atoms with Gasteiger partial charge in [-0.1, -0.05) is 66.4 Å². The molecule has 0 bridgehead atoms. The molecule has 0 saturated carbocycles. The van der Waals surface area contributed by atoms with Gasteiger partial charge in [-0.3, -0.25) is 9.69 Å². The summed E-state index contributed by atoms with van der Waals surface area (Å²) in [6.07, 6.45) is 1.79. The van der Waals surface area contributed by atoms with Gasteiger partial charge in [-0.2, -0.15) is 0 Å². The molecule has 4 rings (SSSR count). The van der Waals surface area contributed by atoms with Crippen molar-refractivity contribution in [3.63, 3.8) is 0 Å². The van der Waals surface area contributed by atoms with Crippen LogP contribution in [0.5, 0.6) is 5.75 Å². The van der Waals surface area contributed by atoms with Crippen molar-refractivity contribution in [3.8, 4) is 5.75 Å². The van der Waals surface area contributed by atoms with Gasteiger partial charge in [0.1, 0.15) is 5.75 Å². The zero-order valence-corrected chi connectivity index (χ0v) is 19.2. The molecular weight excluding hydrogens is 529 g/mol. The molecule has 1 fully saturated rings. The first-order valence-corrected chi connectivity index (χ1v) is 11.2. The highest BCUT2D eigenvalue weighted by molar-refractivity contribution is 14.1. The van der Waals surface area contributed by atoms with Gasteiger partial charge in [-0.25, -0.2) is 4.79 Å². The van der Waals surface area contributed by atoms with Crippen LogP contribution in [0, 0.1) is 3.57 Å². The van der Waals surface area contributed by atoms with Crippen LogP contribution in [0.3, 0.4) is 0 Å². The lowest BCUT2D eigenvalue weighted by atomic mass is 10.2. The second-order valence-corrected chi connectivity index (χ2v) is 9.13. The van der Waals surface area contributed by atoms with Crippen LogP contribution in [0.25, 0.3) is 6.08 Å². The van der Waals surface area contributed by atoms with Crippen molar-refractivity contribution in [3.05, 3.63) is 98.5 Å². The molecule has 1 saturated heterocycles. The zero-order chi connectivity index (χ0) is 21.1. The van der Waals surface area contributed by atoms with E-state index in [1.54, 1.807) is 42.5 Å². The Bertz CT molecular complexity index is 1160. The number of para-hydroxylation sites is 1. The number of nitrogens with zero attached hydrogens (tertiary/aromatic N) is 1. The first kappa shape index (κ1) is 20.8. The van der Waals surface area contributed by atoms with E-state index in [9.17, 15) is 9.59 Å². The van der Waals surface area contributed by atoms with E-state index in [4.69, 9.17) is 17.0 Å². The fourth-order valence-corrected chi connectivity index (χ4v) is 4.75. The first-order chi connectivity index (χ1) is 14.5. The third-order valence-corrected chi connectivity index (χ3v) is 6.53. The van der Waals surface area contributed by atoms with Gasteiger partial charge in [0.25, 0.3) is 5.91 Å². The molecule has 0 spiro atoms. The number of carbonyl (C=O) groups is 2. The number of rotatable bonds is 4. The highest BCUT2D eigenvalue weighted by Gasteiger charge is 2.33. The van der Waals surface area contributed by atoms with Crippen molar-refractivity contribution >= 4 is 74.5 Å². The molecule has 3 aromatic carbocycles. The second-order valence-electron chi connectivity index (χ2n) is 6.29. The SMILES string of the molecule is O=C(Oc1ccc(C=C2SC(=S)N(c3ccccc3)C2=O)cc1)c1ccccc1I. The van der Waals surface area contributed by atoms with E-state index in [-0.39, 0.29) is 5.91 Å². The van der Waals surface area contributed by atoms with Gasteiger partial charge in [-0.15, -0.1) is 0 Å². The minimum Gasteiger partial charge on any atom is -0.423 e. The monoisotopic (exact) mass is 543 g/mol. The second kappa shape index (κ2) is 9.11. The maximum absolute atomic E-state index is 12.8. The summed E-state index contributed by atoms with van der Waals surface area (Å²) < 4.78 is 6.78. The van der Waals surface area contributed by atoms with Crippen molar-refractivity contribution in [2.45, 2.75) is 0 Å². The average molecular weight is 543 g/mol. The average Bonchev–Trinajstić information content (AvgIpc) is 3.03. The van der Waals surface area contributed by atoms with Crippen LogP contribution < -0.4 is 9.64 Å². The molecule has 0 aromatic heterocycles. The minimum atomic E-state index is -0.406. The summed E-state index contributed by atoms with van der Waals surface area (Å²) in [4.78, 5) is 27.2. The summed E-state index contributed by atoms with van der Waals surface area (Å²) in [6, 6.07) is 23.6. The van der Waals surface area contributed by atoms with Crippen LogP contribution in [-0.2, 0) is 4.79 Å². The lowest BCUT2D eigenvalue weighted by Crippen LogP contribution is -2.27. The molecule has 0 N–H and O–H groups in total. The molecule has 1 aliphatic heterocycles. The normalized spacial score (nSPS) is 15.0. The van der Waals surface area contributed by atoms with Crippen LogP contribution in [-0.4, -0.2) is 16.2 Å². The molecular formula is C23H14INO3S2. The van der Waals surface area contributed by atoms with E-state index in [0.717, 1.165) is 14.8 Å². The molecule has 1 aliphatic rings. The standard InChI is InChI=1S/C23H14INO3S2/c24-19-9-5-4-8-18(19)22(27)28-17-12-10-15(11-13-17)14-20-21(26)25(23(29)30-20)16-6-2-1-3-7-16/h1-14H. The topological polar surface area (TPSA) is 46.6 Å². The smallest absolute Gasteiger partial charge is 0.344 e. The lowest BCUT2D eigenvalue weighted by Gasteiger charge is -2.13. The molecule has 148 valence electrons. The summed E-state index contributed by atoms with van der Waals surface area (Å²) in [6.45, 7) is 0. The Hall–Kier alpha value is -2.49. The first-order valence-electron chi connectivity index (χ1n) is 8.93. The fraction of sp³-hybridized carbons (Fsp3) is 0. The quantitative estimate of drug-likeness (QED) is 0.135. The molecule has 30 heavy (non-hydrogen) atoms. The van der Waals surface area contributed by atoms with Crippen LogP contribution in [0.1, 0.15) is 15.9 Å². The number of amides is 1. The molecule has 1 amide bonds. The van der Waals surface area contributed by atoms with Crippen LogP contribution in [0.2, 0.25) is 0 Å². The predicted molar refractivity (Wildman–Crippen MR) is 133 cm³/mol. The van der Waals surface area contributed by atoms with Crippen LogP contribution in [0.15, 0.2) is 83.8 Å². The Morgan fingerprint density at radius 1 is 0.967 bits per heavy atom. The molecule has 0 aliphatic carbocycles. The van der Waals surface area contributed by atoms with Gasteiger partial charge in [0.05, 0.1) is 16.2 Å². The predicted octanol–water partition coefficient (Wildman–Crippen LogP) is 5.92. The summed E-state index contributed by atoms with van der Waals surface area (Å²) in [5.74, 6) is -0.115. The van der Waals surface area contributed by atoms with Gasteiger partial charge in [0.2, 0.25) is 0 Å². The number of benzene rings is 3. The Kier molecular flexibility index (Phi) is 6.31. The van der Waals surface area contributed by atoms with Gasteiger partial charge in [0.15, 0.2) is 4.32 Å². The maximum atomic E-state index is 12.8. The van der Waals surface area contributed by atoms with Crippen molar-refractivity contribution in [2.75, 3.05) is 4.90 Å². The van der Waals surface area contributed by atoms with Crippen molar-refractivity contribution in [1.82, 2.24) is 0 Å². The number of thiocarbonyl (C=S) groups is 1. The number of hydrogen-bond donors (Lipinski definition) is 0. The van der Waals surface area contributed by atoms with Crippen LogP contribution in [0.4, 0.5) is 5.69 Å². The summed E-state index contributed by atoms with van der Waals surface area (Å²) in [5, 5.41) is 0. The largest absolute Gasteiger partial charge is 0.423 e. The Labute approximate surface area is 197 Å². The Morgan fingerprint density at radius 2 is 1.63 bits per heavy atom. The van der Waals surface area contributed by atoms with Crippen LogP contribution >= 0.6 is 46.6 Å². The molecule has 3 aromatic rings. The van der Waals surface area contributed by atoms with Crippen molar-refractivity contribution in [1.29, 1.82) is 0 Å². The Morgan fingerprint density at radius 3 is 2.33 bits per heavy atom. The highest BCUT2D eigenvalue weighted by Crippen LogP contribution is 2.36. The van der Waals surface area contributed by atoms with E-state index in [2.05, 4.69) is 22.6 Å². The Balaban J connectivity index is 1.49. The number of halogens is 1. The zero-order valence-electron chi connectivity index (χ0n) is 15.4. The summed E-state index contributed by atoms with van der Waals surface area (Å²) in [5.41, 5.74) is 2.09. The molecule has 1 heterocycles. The molecule has 0 unspecified atom stereocenters. The van der Waals surface area contributed by atoms with Gasteiger partial charge < -0.3 is 4.74 Å². The maximum Gasteiger partial charge on any atom is 0.344 e. The number of hydrogen-bond acceptors (Lipinski definition) is 5. The van der Waals surface area contributed by atoms with Gasteiger partial charge in [0, 0.05) is 3.57 Å². The van der Waals surface area contributed by atoms with E-state index in [1.807, 2.05) is 42.5 Å². The van der Waals surface area contributed by atoms with Crippen molar-refractivity contribution < 1.29 is 14.3 Å². The van der Waals surface area contributed by atoms with Gasteiger partial charge >= 0.3 is 5.97 Å². The van der Waals surface area contributed by atoms with E-state index < -0.39 is 5.97 Å². The summed E-state index contributed by atoms with van der Waals surface area (Å²) >= 11 is 8.76. The molecule has 4 nitrogen and oxygen atoms in total. The van der Waals surface area contributed by atoms with Gasteiger partial charge in [-0.05, 0) is 70.6 Å². The van der Waals surface area contributed by atoms with E-state index in [0.29, 0.717) is 20.5 Å². The molecule has 0 radical (unpaired) electrons. The minimum absolute atomic E-state index is 0.148. The van der Waals surface area contributed by atoms with E-state index >= 15 is 0 Å². The third-order valence-electron chi connectivity index (χ3n) is 4.29. The number of esters is 1.